The lowest BCUT2D eigenvalue weighted by atomic mass is 9.94. The molecular formula is C28H15ClOS. The van der Waals surface area contributed by atoms with Crippen LogP contribution in [0.3, 0.4) is 0 Å². The number of para-hydroxylation sites is 2. The van der Waals surface area contributed by atoms with Crippen molar-refractivity contribution in [2.24, 2.45) is 0 Å². The van der Waals surface area contributed by atoms with Gasteiger partial charge in [-0.1, -0.05) is 90.5 Å². The molecule has 2 aromatic heterocycles. The van der Waals surface area contributed by atoms with Gasteiger partial charge in [0.15, 0.2) is 0 Å². The number of benzene rings is 5. The molecule has 0 amide bonds. The minimum Gasteiger partial charge on any atom is -0.455 e. The molecule has 0 N–H and O–H groups in total. The molecule has 0 saturated carbocycles. The van der Waals surface area contributed by atoms with Gasteiger partial charge in [0.1, 0.15) is 11.2 Å². The Kier molecular flexibility index (Phi) is 3.55. The smallest absolute Gasteiger partial charge is 0.143 e. The van der Waals surface area contributed by atoms with Gasteiger partial charge in [0.25, 0.3) is 0 Å². The molecule has 2 heterocycles. The second-order valence-electron chi connectivity index (χ2n) is 7.82. The lowest BCUT2D eigenvalue weighted by Gasteiger charge is -2.12. The third-order valence-electron chi connectivity index (χ3n) is 6.15. The summed E-state index contributed by atoms with van der Waals surface area (Å²) >= 11 is 8.82. The Morgan fingerprint density at radius 2 is 1.29 bits per heavy atom. The van der Waals surface area contributed by atoms with Crippen LogP contribution < -0.4 is 0 Å². The van der Waals surface area contributed by atoms with Crippen molar-refractivity contribution < 1.29 is 4.42 Å². The summed E-state index contributed by atoms with van der Waals surface area (Å²) in [7, 11) is 0. The summed E-state index contributed by atoms with van der Waals surface area (Å²) in [4.78, 5) is 0. The first-order valence-electron chi connectivity index (χ1n) is 10.2. The summed E-state index contributed by atoms with van der Waals surface area (Å²) in [5.41, 5.74) is 4.14. The molecule has 31 heavy (non-hydrogen) atoms. The van der Waals surface area contributed by atoms with Crippen LogP contribution in [0.5, 0.6) is 0 Å². The summed E-state index contributed by atoms with van der Waals surface area (Å²) < 4.78 is 8.86. The Labute approximate surface area is 187 Å². The van der Waals surface area contributed by atoms with E-state index in [9.17, 15) is 0 Å². The Morgan fingerprint density at radius 1 is 0.613 bits per heavy atom. The number of rotatable bonds is 1. The summed E-state index contributed by atoms with van der Waals surface area (Å²) in [6.45, 7) is 0. The van der Waals surface area contributed by atoms with E-state index >= 15 is 0 Å². The van der Waals surface area contributed by atoms with Gasteiger partial charge >= 0.3 is 0 Å². The fourth-order valence-corrected chi connectivity index (χ4v) is 6.50. The van der Waals surface area contributed by atoms with Gasteiger partial charge in [-0.3, -0.25) is 0 Å². The van der Waals surface area contributed by atoms with E-state index in [2.05, 4.69) is 78.9 Å². The maximum atomic E-state index is 7.02. The first-order chi connectivity index (χ1) is 15.3. The Morgan fingerprint density at radius 3 is 2.16 bits per heavy atom. The van der Waals surface area contributed by atoms with E-state index in [1.165, 1.54) is 20.3 Å². The van der Waals surface area contributed by atoms with Crippen LogP contribution in [0.2, 0.25) is 5.02 Å². The molecule has 0 radical (unpaired) electrons. The van der Waals surface area contributed by atoms with E-state index in [0.29, 0.717) is 0 Å². The van der Waals surface area contributed by atoms with E-state index in [1.807, 2.05) is 12.1 Å². The van der Waals surface area contributed by atoms with Crippen molar-refractivity contribution in [1.29, 1.82) is 0 Å². The van der Waals surface area contributed by atoms with E-state index in [0.717, 1.165) is 48.7 Å². The third-order valence-corrected chi connectivity index (χ3v) is 7.73. The Balaban J connectivity index is 1.75. The molecule has 3 heteroatoms. The van der Waals surface area contributed by atoms with Crippen molar-refractivity contribution in [1.82, 2.24) is 0 Å². The van der Waals surface area contributed by atoms with Gasteiger partial charge in [-0.15, -0.1) is 11.3 Å². The largest absolute Gasteiger partial charge is 0.455 e. The van der Waals surface area contributed by atoms with Crippen molar-refractivity contribution in [2.75, 3.05) is 0 Å². The van der Waals surface area contributed by atoms with Crippen LogP contribution in [-0.4, -0.2) is 0 Å². The molecule has 0 fully saturated rings. The maximum absolute atomic E-state index is 7.02. The van der Waals surface area contributed by atoms with Gasteiger partial charge in [-0.2, -0.15) is 0 Å². The average molecular weight is 435 g/mol. The third kappa shape index (κ3) is 2.32. The lowest BCUT2D eigenvalue weighted by molar-refractivity contribution is 0.670. The quantitative estimate of drug-likeness (QED) is 0.251. The van der Waals surface area contributed by atoms with Gasteiger partial charge in [-0.25, -0.2) is 0 Å². The molecule has 0 saturated heterocycles. The molecule has 0 unspecified atom stereocenters. The molecule has 7 aromatic rings. The van der Waals surface area contributed by atoms with Gasteiger partial charge < -0.3 is 4.42 Å². The minimum atomic E-state index is 0.823. The molecule has 0 bridgehead atoms. The highest BCUT2D eigenvalue weighted by atomic mass is 35.5. The number of fused-ring (bicyclic) bond motifs is 7. The lowest BCUT2D eigenvalue weighted by Crippen LogP contribution is -1.85. The number of halogens is 1. The first-order valence-corrected chi connectivity index (χ1v) is 11.4. The van der Waals surface area contributed by atoms with Crippen LogP contribution in [0.15, 0.2) is 95.4 Å². The molecule has 1 nitrogen and oxygen atoms in total. The first kappa shape index (κ1) is 17.4. The van der Waals surface area contributed by atoms with Gasteiger partial charge in [0.2, 0.25) is 0 Å². The summed E-state index contributed by atoms with van der Waals surface area (Å²) in [6, 6.07) is 31.6. The van der Waals surface area contributed by atoms with Crippen LogP contribution in [-0.2, 0) is 0 Å². The SMILES string of the molecule is Clc1c2ccccc2c(-c2cccc3c2oc2ccccc23)c2sc3ccccc3c12. The maximum Gasteiger partial charge on any atom is 0.143 e. The summed E-state index contributed by atoms with van der Waals surface area (Å²) in [5, 5.41) is 7.67. The second-order valence-corrected chi connectivity index (χ2v) is 9.25. The zero-order valence-electron chi connectivity index (χ0n) is 16.4. The predicted octanol–water partition coefficient (Wildman–Crippen LogP) is 9.43. The number of thiophene rings is 1. The second kappa shape index (κ2) is 6.34. The zero-order chi connectivity index (χ0) is 20.5. The van der Waals surface area contributed by atoms with Crippen LogP contribution in [0.4, 0.5) is 0 Å². The zero-order valence-corrected chi connectivity index (χ0v) is 17.9. The molecule has 0 spiro atoms. The van der Waals surface area contributed by atoms with Crippen molar-refractivity contribution >= 4 is 75.8 Å². The van der Waals surface area contributed by atoms with E-state index in [4.69, 9.17) is 16.0 Å². The molecule has 5 aromatic carbocycles. The monoisotopic (exact) mass is 434 g/mol. The van der Waals surface area contributed by atoms with Crippen LogP contribution in [0.1, 0.15) is 0 Å². The fourth-order valence-electron chi connectivity index (χ4n) is 4.80. The fraction of sp³-hybridized carbons (Fsp3) is 0. The van der Waals surface area contributed by atoms with Crippen molar-refractivity contribution in [2.45, 2.75) is 0 Å². The highest BCUT2D eigenvalue weighted by Gasteiger charge is 2.21. The van der Waals surface area contributed by atoms with E-state index in [1.54, 1.807) is 11.3 Å². The molecule has 146 valence electrons. The topological polar surface area (TPSA) is 13.1 Å². The van der Waals surface area contributed by atoms with E-state index < -0.39 is 0 Å². The number of hydrogen-bond acceptors (Lipinski definition) is 2. The normalized spacial score (nSPS) is 12.0. The van der Waals surface area contributed by atoms with Gasteiger partial charge in [-0.05, 0) is 17.5 Å². The average Bonchev–Trinajstić information content (AvgIpc) is 3.38. The van der Waals surface area contributed by atoms with Crippen LogP contribution in [0.25, 0.3) is 64.0 Å². The molecule has 0 atom stereocenters. The molecular weight excluding hydrogens is 420 g/mol. The number of hydrogen-bond donors (Lipinski definition) is 0. The van der Waals surface area contributed by atoms with Crippen LogP contribution in [0, 0.1) is 0 Å². The number of furan rings is 1. The summed E-state index contributed by atoms with van der Waals surface area (Å²) in [6.07, 6.45) is 0. The van der Waals surface area contributed by atoms with Gasteiger partial charge in [0.05, 0.1) is 5.02 Å². The predicted molar refractivity (Wildman–Crippen MR) is 135 cm³/mol. The molecule has 0 aliphatic rings. The molecule has 0 aliphatic carbocycles. The van der Waals surface area contributed by atoms with Crippen LogP contribution >= 0.6 is 22.9 Å². The Bertz CT molecular complexity index is 1810. The highest BCUT2D eigenvalue weighted by Crippen LogP contribution is 2.49. The molecule has 0 aliphatic heterocycles. The minimum absolute atomic E-state index is 0.823. The standard InChI is InChI=1S/C28H15ClOS/c29-26-18-10-2-1-9-17(18)24(28-25(26)20-11-4-6-15-23(20)31-28)21-13-7-12-19-16-8-3-5-14-22(16)30-27(19)21/h1-15H. The Hall–Kier alpha value is -3.33. The van der Waals surface area contributed by atoms with Crippen molar-refractivity contribution in [3.8, 4) is 11.1 Å². The summed E-state index contributed by atoms with van der Waals surface area (Å²) in [5.74, 6) is 0. The van der Waals surface area contributed by atoms with E-state index in [-0.39, 0.29) is 0 Å². The molecule has 7 rings (SSSR count). The highest BCUT2D eigenvalue weighted by molar-refractivity contribution is 7.26. The van der Waals surface area contributed by atoms with Crippen molar-refractivity contribution in [3.63, 3.8) is 0 Å². The van der Waals surface area contributed by atoms with Gasteiger partial charge in [0, 0.05) is 47.5 Å². The van der Waals surface area contributed by atoms with Crippen molar-refractivity contribution in [3.05, 3.63) is 96.0 Å².